The van der Waals surface area contributed by atoms with Gasteiger partial charge in [-0.05, 0) is 31.0 Å². The summed E-state index contributed by atoms with van der Waals surface area (Å²) < 4.78 is 15.2. The van der Waals surface area contributed by atoms with Crippen molar-refractivity contribution >= 4 is 12.1 Å². The van der Waals surface area contributed by atoms with Crippen molar-refractivity contribution in [3.05, 3.63) is 29.8 Å². The second-order valence-electron chi connectivity index (χ2n) is 4.65. The van der Waals surface area contributed by atoms with Crippen molar-refractivity contribution in [2.45, 2.75) is 26.0 Å². The summed E-state index contributed by atoms with van der Waals surface area (Å²) in [6.45, 7) is 2.73. The van der Waals surface area contributed by atoms with Crippen LogP contribution in [0.15, 0.2) is 24.3 Å². The van der Waals surface area contributed by atoms with Gasteiger partial charge in [0.1, 0.15) is 18.4 Å². The third-order valence-corrected chi connectivity index (χ3v) is 3.33. The highest BCUT2D eigenvalue weighted by atomic mass is 16.6. The van der Waals surface area contributed by atoms with Gasteiger partial charge in [-0.15, -0.1) is 0 Å². The molecule has 1 aromatic carbocycles. The van der Waals surface area contributed by atoms with E-state index in [9.17, 15) is 9.59 Å². The lowest BCUT2D eigenvalue weighted by atomic mass is 10.0. The number of amides is 1. The zero-order valence-electron chi connectivity index (χ0n) is 12.2. The molecule has 1 fully saturated rings. The fourth-order valence-corrected chi connectivity index (χ4v) is 2.04. The van der Waals surface area contributed by atoms with Crippen LogP contribution in [0.3, 0.4) is 0 Å². The third kappa shape index (κ3) is 3.65. The van der Waals surface area contributed by atoms with Crippen molar-refractivity contribution in [3.8, 4) is 5.75 Å². The molecule has 1 unspecified atom stereocenters. The molecule has 1 amide bonds. The summed E-state index contributed by atoms with van der Waals surface area (Å²) in [5.41, 5.74) is 0.859. The van der Waals surface area contributed by atoms with Gasteiger partial charge in [0.25, 0.3) is 0 Å². The normalized spacial score (nSPS) is 16.9. The predicted molar refractivity (Wildman–Crippen MR) is 74.9 cm³/mol. The number of benzene rings is 1. The van der Waals surface area contributed by atoms with E-state index in [0.29, 0.717) is 19.6 Å². The predicted octanol–water partition coefficient (Wildman–Crippen LogP) is 1.97. The Morgan fingerprint density at radius 3 is 2.48 bits per heavy atom. The first kappa shape index (κ1) is 15.2. The first-order valence-electron chi connectivity index (χ1n) is 6.88. The molecule has 0 radical (unpaired) electrons. The molecule has 1 saturated heterocycles. The number of hydrogen-bond acceptors (Lipinski definition) is 5. The number of rotatable bonds is 5. The fraction of sp³-hybridized carbons (Fsp3) is 0.467. The van der Waals surface area contributed by atoms with Crippen molar-refractivity contribution < 1.29 is 23.8 Å². The molecule has 1 atom stereocenters. The second-order valence-corrected chi connectivity index (χ2v) is 4.65. The van der Waals surface area contributed by atoms with E-state index in [1.54, 1.807) is 26.2 Å². The van der Waals surface area contributed by atoms with E-state index in [2.05, 4.69) is 0 Å². The zero-order valence-corrected chi connectivity index (χ0v) is 12.2. The molecule has 6 nitrogen and oxygen atoms in total. The average molecular weight is 293 g/mol. The molecule has 0 N–H and O–H groups in total. The molecule has 1 aliphatic heterocycles. The van der Waals surface area contributed by atoms with Gasteiger partial charge >= 0.3 is 12.1 Å². The molecule has 0 saturated carbocycles. The van der Waals surface area contributed by atoms with Crippen LogP contribution in [0, 0.1) is 0 Å². The maximum absolute atomic E-state index is 11.9. The van der Waals surface area contributed by atoms with Gasteiger partial charge in [-0.2, -0.15) is 0 Å². The minimum atomic E-state index is -0.506. The molecular formula is C15H19NO5. The third-order valence-electron chi connectivity index (χ3n) is 3.33. The highest BCUT2D eigenvalue weighted by molar-refractivity contribution is 5.83. The van der Waals surface area contributed by atoms with Gasteiger partial charge < -0.3 is 14.2 Å². The number of methoxy groups -OCH3 is 1. The van der Waals surface area contributed by atoms with Crippen molar-refractivity contribution in [2.75, 3.05) is 20.3 Å². The number of carbonyl (C=O) groups excluding carboxylic acids is 2. The Bertz CT molecular complexity index is 499. The quantitative estimate of drug-likeness (QED) is 0.777. The van der Waals surface area contributed by atoms with E-state index in [1.807, 2.05) is 12.1 Å². The summed E-state index contributed by atoms with van der Waals surface area (Å²) in [5.74, 6) is 0.375. The lowest BCUT2D eigenvalue weighted by Crippen LogP contribution is -2.55. The Labute approximate surface area is 123 Å². The van der Waals surface area contributed by atoms with Crippen LogP contribution < -0.4 is 4.74 Å². The average Bonchev–Trinajstić information content (AvgIpc) is 2.44. The molecule has 114 valence electrons. The summed E-state index contributed by atoms with van der Waals surface area (Å²) in [7, 11) is 1.59. The molecule has 0 aromatic heterocycles. The molecule has 0 spiro atoms. The number of ether oxygens (including phenoxy) is 3. The summed E-state index contributed by atoms with van der Waals surface area (Å²) in [5, 5.41) is 0. The summed E-state index contributed by atoms with van der Waals surface area (Å²) >= 11 is 0. The highest BCUT2D eigenvalue weighted by Gasteiger charge is 2.39. The van der Waals surface area contributed by atoms with E-state index in [4.69, 9.17) is 14.2 Å². The van der Waals surface area contributed by atoms with E-state index < -0.39 is 12.1 Å². The minimum Gasteiger partial charge on any atom is -0.497 e. The summed E-state index contributed by atoms with van der Waals surface area (Å²) in [6, 6.07) is 6.74. The molecule has 2 rings (SSSR count). The van der Waals surface area contributed by atoms with Crippen LogP contribution in [-0.4, -0.2) is 43.3 Å². The van der Waals surface area contributed by atoms with Gasteiger partial charge in [0, 0.05) is 6.54 Å². The highest BCUT2D eigenvalue weighted by Crippen LogP contribution is 2.20. The van der Waals surface area contributed by atoms with E-state index >= 15 is 0 Å². The lowest BCUT2D eigenvalue weighted by molar-refractivity contribution is -0.153. The molecule has 1 aliphatic rings. The Balaban J connectivity index is 1.82. The van der Waals surface area contributed by atoms with Crippen LogP contribution in [0.25, 0.3) is 0 Å². The van der Waals surface area contributed by atoms with Crippen molar-refractivity contribution in [1.29, 1.82) is 0 Å². The monoisotopic (exact) mass is 293 g/mol. The topological polar surface area (TPSA) is 65.1 Å². The van der Waals surface area contributed by atoms with E-state index in [-0.39, 0.29) is 12.6 Å². The lowest BCUT2D eigenvalue weighted by Gasteiger charge is -2.37. The molecule has 1 aromatic rings. The van der Waals surface area contributed by atoms with Crippen LogP contribution in [-0.2, 0) is 20.9 Å². The maximum atomic E-state index is 11.9. The van der Waals surface area contributed by atoms with Crippen molar-refractivity contribution in [1.82, 2.24) is 4.90 Å². The van der Waals surface area contributed by atoms with Crippen molar-refractivity contribution in [3.63, 3.8) is 0 Å². The largest absolute Gasteiger partial charge is 0.497 e. The Morgan fingerprint density at radius 2 is 1.95 bits per heavy atom. The van der Waals surface area contributed by atoms with Crippen LogP contribution >= 0.6 is 0 Å². The van der Waals surface area contributed by atoms with Gasteiger partial charge in [-0.3, -0.25) is 4.90 Å². The van der Waals surface area contributed by atoms with Gasteiger partial charge in [0.15, 0.2) is 0 Å². The first-order valence-corrected chi connectivity index (χ1v) is 6.88. The van der Waals surface area contributed by atoms with Crippen LogP contribution in [0.5, 0.6) is 5.75 Å². The zero-order chi connectivity index (χ0) is 15.2. The second kappa shape index (κ2) is 6.97. The van der Waals surface area contributed by atoms with Gasteiger partial charge in [0.05, 0.1) is 13.7 Å². The molecule has 0 bridgehead atoms. The van der Waals surface area contributed by atoms with Crippen LogP contribution in [0.1, 0.15) is 18.9 Å². The number of carbonyl (C=O) groups is 2. The molecule has 21 heavy (non-hydrogen) atoms. The summed E-state index contributed by atoms with van der Waals surface area (Å²) in [4.78, 5) is 24.9. The molecule has 6 heteroatoms. The fourth-order valence-electron chi connectivity index (χ4n) is 2.04. The standard InChI is InChI=1S/C15H19NO5/c1-3-20-14(17)13-8-9-16(13)15(18)21-10-11-4-6-12(19-2)7-5-11/h4-7,13H,3,8-10H2,1-2H3. The molecule has 0 aliphatic carbocycles. The van der Waals surface area contributed by atoms with Crippen molar-refractivity contribution in [2.24, 2.45) is 0 Å². The van der Waals surface area contributed by atoms with E-state index in [1.165, 1.54) is 4.90 Å². The number of likely N-dealkylation sites (tertiary alicyclic amines) is 1. The number of hydrogen-bond donors (Lipinski definition) is 0. The maximum Gasteiger partial charge on any atom is 0.410 e. The van der Waals surface area contributed by atoms with Gasteiger partial charge in [0.2, 0.25) is 0 Å². The molecule has 1 heterocycles. The van der Waals surface area contributed by atoms with E-state index in [0.717, 1.165) is 11.3 Å². The summed E-state index contributed by atoms with van der Waals surface area (Å²) in [6.07, 6.45) is 0.131. The van der Waals surface area contributed by atoms with Crippen LogP contribution in [0.4, 0.5) is 4.79 Å². The first-order chi connectivity index (χ1) is 10.2. The Kier molecular flexibility index (Phi) is 5.03. The van der Waals surface area contributed by atoms with Gasteiger partial charge in [-0.25, -0.2) is 9.59 Å². The Hall–Kier alpha value is -2.24. The molecular weight excluding hydrogens is 274 g/mol. The smallest absolute Gasteiger partial charge is 0.410 e. The number of esters is 1. The SMILES string of the molecule is CCOC(=O)C1CCN1C(=O)OCc1ccc(OC)cc1. The number of nitrogens with zero attached hydrogens (tertiary/aromatic N) is 1. The van der Waals surface area contributed by atoms with Gasteiger partial charge in [-0.1, -0.05) is 12.1 Å². The minimum absolute atomic E-state index is 0.162. The van der Waals surface area contributed by atoms with Crippen LogP contribution in [0.2, 0.25) is 0 Å². The Morgan fingerprint density at radius 1 is 1.24 bits per heavy atom.